The molecule has 30 heavy (non-hydrogen) atoms. The highest BCUT2D eigenvalue weighted by molar-refractivity contribution is 5.96. The number of benzene rings is 1. The number of aromatic hydroxyl groups is 1. The number of allylic oxidation sites excluding steroid dienone is 4. The average Bonchev–Trinajstić information content (AvgIpc) is 2.74. The first-order chi connectivity index (χ1) is 14.4. The highest BCUT2D eigenvalue weighted by atomic mass is 16.3. The zero-order valence-corrected chi connectivity index (χ0v) is 17.4. The first-order valence-electron chi connectivity index (χ1n) is 9.87. The van der Waals surface area contributed by atoms with Crippen LogP contribution in [0.3, 0.4) is 0 Å². The van der Waals surface area contributed by atoms with Crippen LogP contribution in [0.15, 0.2) is 70.2 Å². The van der Waals surface area contributed by atoms with E-state index < -0.39 is 23.1 Å². The second kappa shape index (κ2) is 8.90. The maximum absolute atomic E-state index is 13.1. The Balaban J connectivity index is 2.29. The lowest BCUT2D eigenvalue weighted by molar-refractivity contribution is 0.0569. The number of aromatic nitrogens is 2. The molecule has 1 amide bonds. The molecule has 0 fully saturated rings. The van der Waals surface area contributed by atoms with Gasteiger partial charge in [-0.05, 0) is 39.1 Å². The molecule has 2 unspecified atom stereocenters. The maximum Gasteiger partial charge on any atom is 0.276 e. The number of rotatable bonds is 6. The van der Waals surface area contributed by atoms with Gasteiger partial charge in [0, 0.05) is 18.3 Å². The van der Waals surface area contributed by atoms with Crippen molar-refractivity contribution in [2.45, 2.75) is 38.8 Å². The summed E-state index contributed by atoms with van der Waals surface area (Å²) in [7, 11) is 0. The van der Waals surface area contributed by atoms with Crippen molar-refractivity contribution in [1.29, 1.82) is 0 Å². The largest absolute Gasteiger partial charge is 0.502 e. The van der Waals surface area contributed by atoms with E-state index in [1.165, 1.54) is 4.68 Å². The normalized spacial score (nSPS) is 18.0. The van der Waals surface area contributed by atoms with Crippen molar-refractivity contribution in [2.24, 2.45) is 4.99 Å². The Morgan fingerprint density at radius 1 is 1.30 bits per heavy atom. The topological polar surface area (TPSA) is 87.8 Å². The summed E-state index contributed by atoms with van der Waals surface area (Å²) in [6.07, 6.45) is 6.70. The summed E-state index contributed by atoms with van der Waals surface area (Å²) in [5, 5.41) is 14.7. The average molecular weight is 406 g/mol. The number of nitrogens with zero attached hydrogens (tertiary/aromatic N) is 4. The molecule has 1 N–H and O–H groups in total. The van der Waals surface area contributed by atoms with E-state index in [1.807, 2.05) is 69.3 Å². The summed E-state index contributed by atoms with van der Waals surface area (Å²) in [5.41, 5.74) is 0.896. The van der Waals surface area contributed by atoms with Gasteiger partial charge in [0.1, 0.15) is 0 Å². The van der Waals surface area contributed by atoms with E-state index in [2.05, 4.69) is 16.8 Å². The third-order valence-corrected chi connectivity index (χ3v) is 5.27. The molecule has 3 rings (SSSR count). The van der Waals surface area contributed by atoms with Gasteiger partial charge < -0.3 is 10.0 Å². The monoisotopic (exact) mass is 406 g/mol. The van der Waals surface area contributed by atoms with Crippen LogP contribution in [0, 0.1) is 0 Å². The molecule has 156 valence electrons. The fraction of sp³-hybridized carbons (Fsp3) is 0.304. The van der Waals surface area contributed by atoms with Crippen LogP contribution in [0.25, 0.3) is 0 Å². The van der Waals surface area contributed by atoms with Crippen molar-refractivity contribution in [2.75, 3.05) is 6.54 Å². The van der Waals surface area contributed by atoms with E-state index >= 15 is 0 Å². The van der Waals surface area contributed by atoms with Gasteiger partial charge in [0.25, 0.3) is 5.91 Å². The molecule has 0 aliphatic carbocycles. The molecule has 2 heterocycles. The summed E-state index contributed by atoms with van der Waals surface area (Å²) in [6.45, 7) is 9.81. The quantitative estimate of drug-likeness (QED) is 0.589. The number of carbonyl (C=O) groups is 1. The minimum Gasteiger partial charge on any atom is -0.502 e. The van der Waals surface area contributed by atoms with Crippen molar-refractivity contribution in [1.82, 2.24) is 14.7 Å². The van der Waals surface area contributed by atoms with Crippen molar-refractivity contribution < 1.29 is 9.90 Å². The van der Waals surface area contributed by atoms with E-state index in [4.69, 9.17) is 0 Å². The molecule has 1 aromatic carbocycles. The van der Waals surface area contributed by atoms with Gasteiger partial charge in [0.05, 0.1) is 18.2 Å². The number of hydrogen-bond acceptors (Lipinski definition) is 5. The molecule has 0 saturated carbocycles. The van der Waals surface area contributed by atoms with Crippen LogP contribution < -0.4 is 5.43 Å². The fourth-order valence-electron chi connectivity index (χ4n) is 3.80. The highest BCUT2D eigenvalue weighted by Crippen LogP contribution is 2.40. The highest BCUT2D eigenvalue weighted by Gasteiger charge is 2.40. The SMILES string of the molecule is C=N/C(=C\C=C/C)C(c1ccccc1)C1CN(C(C)C)C(=O)c2c(O)c(=O)cnn21. The van der Waals surface area contributed by atoms with E-state index in [-0.39, 0.29) is 17.7 Å². The number of carbonyl (C=O) groups excluding carboxylic acids is 1. The second-order valence-corrected chi connectivity index (χ2v) is 7.43. The van der Waals surface area contributed by atoms with Crippen LogP contribution in [-0.4, -0.2) is 45.0 Å². The summed E-state index contributed by atoms with van der Waals surface area (Å²) in [6, 6.07) is 9.25. The minimum absolute atomic E-state index is 0.0946. The van der Waals surface area contributed by atoms with Crippen molar-refractivity contribution in [3.8, 4) is 5.75 Å². The molecule has 0 spiro atoms. The van der Waals surface area contributed by atoms with E-state index in [1.54, 1.807) is 4.90 Å². The molecule has 0 bridgehead atoms. The maximum atomic E-state index is 13.1. The second-order valence-electron chi connectivity index (χ2n) is 7.43. The van der Waals surface area contributed by atoms with Crippen LogP contribution in [0.2, 0.25) is 0 Å². The van der Waals surface area contributed by atoms with Crippen molar-refractivity contribution in [3.05, 3.63) is 81.9 Å². The molecule has 2 aromatic rings. The van der Waals surface area contributed by atoms with E-state index in [0.717, 1.165) is 11.8 Å². The van der Waals surface area contributed by atoms with Crippen LogP contribution in [0.5, 0.6) is 5.75 Å². The lowest BCUT2D eigenvalue weighted by atomic mass is 9.86. The standard InChI is InChI=1S/C23H26N4O3/c1-5-6-12-17(24-4)20(16-10-8-7-9-11-16)18-14-26(15(2)3)23(30)21-22(29)19(28)13-25-27(18)21/h5-13,15,18,20,29H,4,14H2,1-3H3/b6-5-,17-12-. The Labute approximate surface area is 175 Å². The molecule has 1 aromatic heterocycles. The van der Waals surface area contributed by atoms with Gasteiger partial charge in [-0.2, -0.15) is 5.10 Å². The third-order valence-electron chi connectivity index (χ3n) is 5.27. The van der Waals surface area contributed by atoms with Gasteiger partial charge >= 0.3 is 0 Å². The molecule has 1 aliphatic rings. The zero-order chi connectivity index (χ0) is 21.8. The smallest absolute Gasteiger partial charge is 0.276 e. The van der Waals surface area contributed by atoms with Gasteiger partial charge in [0.2, 0.25) is 5.43 Å². The molecule has 7 nitrogen and oxygen atoms in total. The van der Waals surface area contributed by atoms with E-state index in [9.17, 15) is 14.7 Å². The summed E-state index contributed by atoms with van der Waals surface area (Å²) in [4.78, 5) is 31.0. The number of hydrogen-bond donors (Lipinski definition) is 1. The van der Waals surface area contributed by atoms with Gasteiger partial charge in [-0.1, -0.05) is 42.5 Å². The van der Waals surface area contributed by atoms with Crippen molar-refractivity contribution in [3.63, 3.8) is 0 Å². The van der Waals surface area contributed by atoms with Crippen LogP contribution in [0.1, 0.15) is 48.8 Å². The molecule has 1 aliphatic heterocycles. The molecule has 0 saturated heterocycles. The number of aliphatic imine (C=N–C) groups is 1. The van der Waals surface area contributed by atoms with Crippen LogP contribution >= 0.6 is 0 Å². The van der Waals surface area contributed by atoms with Gasteiger partial charge in [-0.25, -0.2) is 0 Å². The molecule has 0 radical (unpaired) electrons. The van der Waals surface area contributed by atoms with Gasteiger partial charge in [-0.3, -0.25) is 19.3 Å². The molecule has 2 atom stereocenters. The van der Waals surface area contributed by atoms with Crippen LogP contribution in [0.4, 0.5) is 0 Å². The lowest BCUT2D eigenvalue weighted by Crippen LogP contribution is -2.49. The first-order valence-corrected chi connectivity index (χ1v) is 9.87. The number of amides is 1. The Hall–Kier alpha value is -3.48. The van der Waals surface area contributed by atoms with Crippen molar-refractivity contribution >= 4 is 12.6 Å². The van der Waals surface area contributed by atoms with E-state index in [0.29, 0.717) is 12.2 Å². The minimum atomic E-state index is -0.679. The predicted octanol–water partition coefficient (Wildman–Crippen LogP) is 3.30. The molecular formula is C23H26N4O3. The van der Waals surface area contributed by atoms with Gasteiger partial charge in [0.15, 0.2) is 11.4 Å². The first kappa shape index (κ1) is 21.2. The Kier molecular flexibility index (Phi) is 6.30. The molecular weight excluding hydrogens is 380 g/mol. The third kappa shape index (κ3) is 3.83. The lowest BCUT2D eigenvalue weighted by Gasteiger charge is -2.40. The molecule has 7 heteroatoms. The summed E-state index contributed by atoms with van der Waals surface area (Å²) >= 11 is 0. The summed E-state index contributed by atoms with van der Waals surface area (Å²) < 4.78 is 1.46. The van der Waals surface area contributed by atoms with Gasteiger partial charge in [-0.15, -0.1) is 0 Å². The Morgan fingerprint density at radius 3 is 2.60 bits per heavy atom. The number of fused-ring (bicyclic) bond motifs is 1. The predicted molar refractivity (Wildman–Crippen MR) is 117 cm³/mol. The zero-order valence-electron chi connectivity index (χ0n) is 17.4. The fourth-order valence-corrected chi connectivity index (χ4v) is 3.80. The Bertz CT molecular complexity index is 1050. The summed E-state index contributed by atoms with van der Waals surface area (Å²) in [5.74, 6) is -1.30. The Morgan fingerprint density at radius 2 is 2.00 bits per heavy atom. The van der Waals surface area contributed by atoms with Crippen LogP contribution in [-0.2, 0) is 0 Å².